The Balaban J connectivity index is 0.958. The number of anilines is 3. The van der Waals surface area contributed by atoms with Gasteiger partial charge >= 0.3 is 0 Å². The van der Waals surface area contributed by atoms with Crippen molar-refractivity contribution in [3.8, 4) is 67.5 Å². The van der Waals surface area contributed by atoms with Crippen LogP contribution in [-0.2, 0) is 5.41 Å². The molecule has 0 saturated heterocycles. The van der Waals surface area contributed by atoms with E-state index in [-0.39, 0.29) is 0 Å². The molecular weight excluding hydrogens is 755 g/mol. The van der Waals surface area contributed by atoms with E-state index in [1.807, 2.05) is 6.07 Å². The molecule has 13 rings (SSSR count). The fourth-order valence-electron chi connectivity index (χ4n) is 10.5. The van der Waals surface area contributed by atoms with Gasteiger partial charge in [0.1, 0.15) is 0 Å². The van der Waals surface area contributed by atoms with Crippen LogP contribution in [0.25, 0.3) is 55.3 Å². The van der Waals surface area contributed by atoms with Crippen molar-refractivity contribution in [3.63, 3.8) is 0 Å². The van der Waals surface area contributed by atoms with E-state index in [4.69, 9.17) is 9.47 Å². The zero-order chi connectivity index (χ0) is 40.8. The van der Waals surface area contributed by atoms with Crippen LogP contribution in [-0.4, -0.2) is 0 Å². The molecule has 2 aliphatic carbocycles. The van der Waals surface area contributed by atoms with E-state index in [2.05, 4.69) is 223 Å². The van der Waals surface area contributed by atoms with Crippen LogP contribution < -0.4 is 14.4 Å². The summed E-state index contributed by atoms with van der Waals surface area (Å²) in [6.45, 7) is 0. The van der Waals surface area contributed by atoms with E-state index in [0.717, 1.165) is 39.3 Å². The van der Waals surface area contributed by atoms with Gasteiger partial charge in [0, 0.05) is 16.9 Å². The van der Waals surface area contributed by atoms with Gasteiger partial charge in [0.05, 0.1) is 11.1 Å². The first-order valence-corrected chi connectivity index (χ1v) is 21.2. The van der Waals surface area contributed by atoms with Crippen LogP contribution in [0, 0.1) is 0 Å². The molecule has 10 aromatic carbocycles. The molecule has 0 fully saturated rings. The van der Waals surface area contributed by atoms with Gasteiger partial charge in [-0.2, -0.15) is 0 Å². The van der Waals surface area contributed by atoms with Gasteiger partial charge in [0.2, 0.25) is 0 Å². The van der Waals surface area contributed by atoms with Gasteiger partial charge < -0.3 is 14.4 Å². The molecule has 0 atom stereocenters. The number of benzene rings is 10. The second kappa shape index (κ2) is 13.4. The minimum atomic E-state index is -0.472. The highest BCUT2D eigenvalue weighted by molar-refractivity contribution is 5.98. The second-order valence-electron chi connectivity index (χ2n) is 16.3. The molecule has 0 unspecified atom stereocenters. The van der Waals surface area contributed by atoms with Gasteiger partial charge in [0.15, 0.2) is 23.0 Å². The first-order valence-electron chi connectivity index (χ1n) is 21.2. The minimum Gasteiger partial charge on any atom is -0.449 e. The SMILES string of the molecule is c1ccc(-c2ccccc2-c2ccc(N(c3ccc4ccccc4c3)c3cccc4c3Oc3ccc5c(c3O4)-c3ccccc3C53c4ccccc4-c4ccccc43)cc2)cc1. The summed E-state index contributed by atoms with van der Waals surface area (Å²) in [5, 5.41) is 2.35. The first-order chi connectivity index (χ1) is 30.8. The van der Waals surface area contributed by atoms with Crippen LogP contribution in [0.3, 0.4) is 0 Å². The molecule has 3 aliphatic rings. The smallest absolute Gasteiger partial charge is 0.194 e. The normalized spacial score (nSPS) is 13.2. The quantitative estimate of drug-likeness (QED) is 0.173. The molecule has 1 aliphatic heterocycles. The molecule has 0 bridgehead atoms. The van der Waals surface area contributed by atoms with Crippen LogP contribution in [0.1, 0.15) is 22.3 Å². The Morgan fingerprint density at radius 2 is 0.855 bits per heavy atom. The van der Waals surface area contributed by atoms with Crippen molar-refractivity contribution in [1.82, 2.24) is 0 Å². The number of fused-ring (bicyclic) bond motifs is 14. The average Bonchev–Trinajstić information content (AvgIpc) is 3.82. The molecule has 3 nitrogen and oxygen atoms in total. The molecule has 62 heavy (non-hydrogen) atoms. The summed E-state index contributed by atoms with van der Waals surface area (Å²) < 4.78 is 14.3. The standard InChI is InChI=1S/C59H37NO2/c1-2-16-39(17-3-1)44-19-6-7-20-45(44)40-30-32-42(33-31-40)60(43-34-29-38-15-4-5-18-41(38)37-43)53-27-14-28-54-57(53)61-55-36-35-52-56(58(55)62-54)48-23-10-13-26-51(48)59(52)49-24-11-8-21-46(49)47-22-9-12-25-50(47)59/h1-37H. The zero-order valence-electron chi connectivity index (χ0n) is 33.6. The maximum absolute atomic E-state index is 7.17. The third-order valence-electron chi connectivity index (χ3n) is 13.1. The Kier molecular flexibility index (Phi) is 7.52. The Bertz CT molecular complexity index is 3380. The van der Waals surface area contributed by atoms with Crippen LogP contribution in [0.4, 0.5) is 17.1 Å². The maximum atomic E-state index is 7.17. The number of para-hydroxylation sites is 1. The molecule has 10 aromatic rings. The number of hydrogen-bond acceptors (Lipinski definition) is 3. The lowest BCUT2D eigenvalue weighted by molar-refractivity contribution is 0.361. The number of rotatable bonds is 5. The third kappa shape index (κ3) is 4.94. The molecule has 1 spiro atoms. The Hall–Kier alpha value is -8.14. The van der Waals surface area contributed by atoms with Crippen molar-refractivity contribution in [2.24, 2.45) is 0 Å². The summed E-state index contributed by atoms with van der Waals surface area (Å²) in [5.74, 6) is 2.79. The third-order valence-corrected chi connectivity index (χ3v) is 13.1. The van der Waals surface area contributed by atoms with E-state index in [1.54, 1.807) is 0 Å². The summed E-state index contributed by atoms with van der Waals surface area (Å²) in [7, 11) is 0. The zero-order valence-corrected chi connectivity index (χ0v) is 33.6. The fourth-order valence-corrected chi connectivity index (χ4v) is 10.5. The summed E-state index contributed by atoms with van der Waals surface area (Å²) >= 11 is 0. The molecule has 3 heteroatoms. The van der Waals surface area contributed by atoms with Crippen molar-refractivity contribution in [3.05, 3.63) is 247 Å². The van der Waals surface area contributed by atoms with Gasteiger partial charge in [-0.05, 0) is 114 Å². The molecule has 0 aromatic heterocycles. The van der Waals surface area contributed by atoms with Crippen LogP contribution in [0.5, 0.6) is 23.0 Å². The number of nitrogens with zero attached hydrogens (tertiary/aromatic N) is 1. The second-order valence-corrected chi connectivity index (χ2v) is 16.3. The largest absolute Gasteiger partial charge is 0.449 e. The Morgan fingerprint density at radius 3 is 1.56 bits per heavy atom. The van der Waals surface area contributed by atoms with E-state index in [0.29, 0.717) is 17.2 Å². The predicted molar refractivity (Wildman–Crippen MR) is 252 cm³/mol. The van der Waals surface area contributed by atoms with Gasteiger partial charge in [0.25, 0.3) is 0 Å². The highest BCUT2D eigenvalue weighted by Gasteiger charge is 2.53. The van der Waals surface area contributed by atoms with Crippen LogP contribution >= 0.6 is 0 Å². The van der Waals surface area contributed by atoms with Gasteiger partial charge in [-0.15, -0.1) is 0 Å². The highest BCUT2D eigenvalue weighted by atomic mass is 16.6. The van der Waals surface area contributed by atoms with E-state index in [9.17, 15) is 0 Å². The average molecular weight is 792 g/mol. The van der Waals surface area contributed by atoms with E-state index >= 15 is 0 Å². The monoisotopic (exact) mass is 791 g/mol. The minimum absolute atomic E-state index is 0.472. The van der Waals surface area contributed by atoms with Gasteiger partial charge in [-0.1, -0.05) is 182 Å². The summed E-state index contributed by atoms with van der Waals surface area (Å²) in [4.78, 5) is 2.29. The molecule has 1 heterocycles. The van der Waals surface area contributed by atoms with Crippen molar-refractivity contribution in [2.45, 2.75) is 5.41 Å². The summed E-state index contributed by atoms with van der Waals surface area (Å²) in [6.07, 6.45) is 0. The molecule has 0 N–H and O–H groups in total. The molecule has 0 radical (unpaired) electrons. The van der Waals surface area contributed by atoms with Crippen molar-refractivity contribution in [1.29, 1.82) is 0 Å². The summed E-state index contributed by atoms with van der Waals surface area (Å²) in [6, 6.07) is 80.5. The number of hydrogen-bond donors (Lipinski definition) is 0. The van der Waals surface area contributed by atoms with Crippen LogP contribution in [0.2, 0.25) is 0 Å². The van der Waals surface area contributed by atoms with E-state index in [1.165, 1.54) is 61.0 Å². The predicted octanol–water partition coefficient (Wildman–Crippen LogP) is 15.9. The van der Waals surface area contributed by atoms with E-state index < -0.39 is 5.41 Å². The maximum Gasteiger partial charge on any atom is 0.194 e. The van der Waals surface area contributed by atoms with Crippen molar-refractivity contribution >= 4 is 27.8 Å². The number of ether oxygens (including phenoxy) is 2. The molecular formula is C59H37NO2. The van der Waals surface area contributed by atoms with Crippen molar-refractivity contribution < 1.29 is 9.47 Å². The molecule has 290 valence electrons. The van der Waals surface area contributed by atoms with Crippen LogP contribution in [0.15, 0.2) is 224 Å². The van der Waals surface area contributed by atoms with Crippen molar-refractivity contribution in [2.75, 3.05) is 4.90 Å². The summed E-state index contributed by atoms with van der Waals surface area (Å²) in [5.41, 5.74) is 17.1. The topological polar surface area (TPSA) is 21.7 Å². The first kappa shape index (κ1) is 34.7. The molecule has 0 saturated carbocycles. The molecule has 0 amide bonds. The Labute approximate surface area is 360 Å². The van der Waals surface area contributed by atoms with Gasteiger partial charge in [-0.25, -0.2) is 0 Å². The van der Waals surface area contributed by atoms with Gasteiger partial charge in [-0.3, -0.25) is 0 Å². The highest BCUT2D eigenvalue weighted by Crippen LogP contribution is 2.66. The fraction of sp³-hybridized carbons (Fsp3) is 0.0169. The lowest BCUT2D eigenvalue weighted by Gasteiger charge is -2.32. The lowest BCUT2D eigenvalue weighted by atomic mass is 9.70. The lowest BCUT2D eigenvalue weighted by Crippen LogP contribution is -2.25. The Morgan fingerprint density at radius 1 is 0.323 bits per heavy atom.